The topological polar surface area (TPSA) is 29.5 Å². The van der Waals surface area contributed by atoms with E-state index in [9.17, 15) is 5.11 Å². The van der Waals surface area contributed by atoms with Crippen molar-refractivity contribution in [2.24, 2.45) is 0 Å². The normalized spacial score (nSPS) is 17.8. The second-order valence-electron chi connectivity index (χ2n) is 5.14. The summed E-state index contributed by atoms with van der Waals surface area (Å²) in [6, 6.07) is 6.03. The fraction of sp³-hybridized carbons (Fsp3) is 0.625. The molecule has 0 spiro atoms. The first kappa shape index (κ1) is 13.4. The summed E-state index contributed by atoms with van der Waals surface area (Å²) in [5.41, 5.74) is 2.29. The van der Waals surface area contributed by atoms with Crippen LogP contribution in [0.1, 0.15) is 62.7 Å². The average Bonchev–Trinajstić information content (AvgIpc) is 2.77. The van der Waals surface area contributed by atoms with Gasteiger partial charge in [0.25, 0.3) is 0 Å². The van der Waals surface area contributed by atoms with Gasteiger partial charge in [-0.25, -0.2) is 0 Å². The van der Waals surface area contributed by atoms with Gasteiger partial charge in [-0.05, 0) is 30.9 Å². The van der Waals surface area contributed by atoms with Gasteiger partial charge in [0.1, 0.15) is 5.75 Å². The van der Waals surface area contributed by atoms with E-state index in [1.165, 1.54) is 31.2 Å². The molecule has 0 saturated heterocycles. The van der Waals surface area contributed by atoms with E-state index in [-0.39, 0.29) is 6.10 Å². The quantitative estimate of drug-likeness (QED) is 0.739. The van der Waals surface area contributed by atoms with Crippen molar-refractivity contribution in [3.05, 3.63) is 29.3 Å². The van der Waals surface area contributed by atoms with Gasteiger partial charge in [0.2, 0.25) is 0 Å². The van der Waals surface area contributed by atoms with Crippen molar-refractivity contribution >= 4 is 0 Å². The molecule has 0 aliphatic heterocycles. The number of benzene rings is 1. The van der Waals surface area contributed by atoms with E-state index < -0.39 is 0 Å². The van der Waals surface area contributed by atoms with Crippen LogP contribution < -0.4 is 4.74 Å². The van der Waals surface area contributed by atoms with Crippen LogP contribution in [0.4, 0.5) is 0 Å². The Morgan fingerprint density at radius 1 is 1.22 bits per heavy atom. The predicted molar refractivity (Wildman–Crippen MR) is 74.0 cm³/mol. The molecule has 1 aromatic carbocycles. The van der Waals surface area contributed by atoms with Crippen molar-refractivity contribution in [3.8, 4) is 5.75 Å². The third-order valence-electron chi connectivity index (χ3n) is 3.70. The standard InChI is InChI=1S/C16H24O2/c1-2-3-4-5-6-12-18-16-9-7-8-13-14(16)10-11-15(13)17/h7-9,15,17H,2-6,10-12H2,1H3. The van der Waals surface area contributed by atoms with E-state index in [0.29, 0.717) is 0 Å². The molecule has 1 atom stereocenters. The lowest BCUT2D eigenvalue weighted by atomic mass is 10.1. The lowest BCUT2D eigenvalue weighted by Crippen LogP contribution is -2.00. The summed E-state index contributed by atoms with van der Waals surface area (Å²) < 4.78 is 5.87. The first-order chi connectivity index (χ1) is 8.83. The Morgan fingerprint density at radius 2 is 2.06 bits per heavy atom. The van der Waals surface area contributed by atoms with E-state index in [2.05, 4.69) is 6.92 Å². The van der Waals surface area contributed by atoms with E-state index in [4.69, 9.17) is 4.74 Å². The molecule has 1 N–H and O–H groups in total. The largest absolute Gasteiger partial charge is 0.493 e. The van der Waals surface area contributed by atoms with Gasteiger partial charge in [-0.15, -0.1) is 0 Å². The summed E-state index contributed by atoms with van der Waals surface area (Å²) >= 11 is 0. The number of unbranched alkanes of at least 4 members (excludes halogenated alkanes) is 4. The van der Waals surface area contributed by atoms with Crippen molar-refractivity contribution in [3.63, 3.8) is 0 Å². The van der Waals surface area contributed by atoms with Gasteiger partial charge < -0.3 is 9.84 Å². The van der Waals surface area contributed by atoms with Crippen LogP contribution in [0.15, 0.2) is 18.2 Å². The van der Waals surface area contributed by atoms with Crippen molar-refractivity contribution in [1.29, 1.82) is 0 Å². The molecule has 1 aliphatic rings. The number of hydrogen-bond acceptors (Lipinski definition) is 2. The van der Waals surface area contributed by atoms with Crippen LogP contribution in [0, 0.1) is 0 Å². The van der Waals surface area contributed by atoms with Crippen molar-refractivity contribution in [2.45, 2.75) is 58.0 Å². The summed E-state index contributed by atoms with van der Waals surface area (Å²) in [4.78, 5) is 0. The van der Waals surface area contributed by atoms with E-state index in [0.717, 1.165) is 37.2 Å². The average molecular weight is 248 g/mol. The number of hydrogen-bond donors (Lipinski definition) is 1. The Morgan fingerprint density at radius 3 is 2.89 bits per heavy atom. The molecule has 0 saturated carbocycles. The van der Waals surface area contributed by atoms with E-state index in [1.807, 2.05) is 18.2 Å². The minimum Gasteiger partial charge on any atom is -0.493 e. The molecule has 1 unspecified atom stereocenters. The van der Waals surface area contributed by atoms with Crippen LogP contribution in [-0.4, -0.2) is 11.7 Å². The number of ether oxygens (including phenoxy) is 1. The smallest absolute Gasteiger partial charge is 0.122 e. The van der Waals surface area contributed by atoms with Crippen LogP contribution in [0.3, 0.4) is 0 Å². The minimum atomic E-state index is -0.284. The molecule has 2 nitrogen and oxygen atoms in total. The van der Waals surface area contributed by atoms with Gasteiger partial charge in [-0.3, -0.25) is 0 Å². The summed E-state index contributed by atoms with van der Waals surface area (Å²) in [6.07, 6.45) is 7.81. The minimum absolute atomic E-state index is 0.284. The third-order valence-corrected chi connectivity index (χ3v) is 3.70. The molecule has 0 fully saturated rings. The Labute approximate surface area is 110 Å². The molecule has 0 amide bonds. The molecule has 0 heterocycles. The molecule has 18 heavy (non-hydrogen) atoms. The van der Waals surface area contributed by atoms with E-state index in [1.54, 1.807) is 0 Å². The molecule has 1 aromatic rings. The van der Waals surface area contributed by atoms with Crippen LogP contribution in [0.25, 0.3) is 0 Å². The van der Waals surface area contributed by atoms with Crippen LogP contribution in [0.2, 0.25) is 0 Å². The zero-order chi connectivity index (χ0) is 12.8. The molecular weight excluding hydrogens is 224 g/mol. The Kier molecular flexibility index (Phi) is 5.06. The third kappa shape index (κ3) is 3.26. The maximum atomic E-state index is 9.82. The summed E-state index contributed by atoms with van der Waals surface area (Å²) in [6.45, 7) is 3.03. The van der Waals surface area contributed by atoms with Gasteiger partial charge in [-0.1, -0.05) is 44.7 Å². The highest BCUT2D eigenvalue weighted by Crippen LogP contribution is 2.36. The molecule has 0 bridgehead atoms. The Balaban J connectivity index is 1.80. The summed E-state index contributed by atoms with van der Waals surface area (Å²) in [7, 11) is 0. The fourth-order valence-electron chi connectivity index (χ4n) is 2.62. The number of aliphatic hydroxyl groups is 1. The maximum Gasteiger partial charge on any atom is 0.122 e. The molecule has 0 radical (unpaired) electrons. The van der Waals surface area contributed by atoms with E-state index >= 15 is 0 Å². The Hall–Kier alpha value is -1.02. The molecule has 0 aromatic heterocycles. The maximum absolute atomic E-state index is 9.82. The number of aliphatic hydroxyl groups excluding tert-OH is 1. The highest BCUT2D eigenvalue weighted by molar-refractivity contribution is 5.44. The van der Waals surface area contributed by atoms with Crippen LogP contribution >= 0.6 is 0 Å². The number of rotatable bonds is 7. The number of fused-ring (bicyclic) bond motifs is 1. The lowest BCUT2D eigenvalue weighted by Gasteiger charge is -2.11. The van der Waals surface area contributed by atoms with Crippen LogP contribution in [-0.2, 0) is 6.42 Å². The van der Waals surface area contributed by atoms with Crippen molar-refractivity contribution in [2.75, 3.05) is 6.61 Å². The van der Waals surface area contributed by atoms with Gasteiger partial charge in [0.05, 0.1) is 12.7 Å². The van der Waals surface area contributed by atoms with Crippen molar-refractivity contribution < 1.29 is 9.84 Å². The highest BCUT2D eigenvalue weighted by Gasteiger charge is 2.22. The van der Waals surface area contributed by atoms with Gasteiger partial charge in [0, 0.05) is 5.56 Å². The predicted octanol–water partition coefficient (Wildman–Crippen LogP) is 4.02. The molecule has 1 aliphatic carbocycles. The summed E-state index contributed by atoms with van der Waals surface area (Å²) in [5, 5.41) is 9.82. The van der Waals surface area contributed by atoms with Gasteiger partial charge >= 0.3 is 0 Å². The fourth-order valence-corrected chi connectivity index (χ4v) is 2.62. The van der Waals surface area contributed by atoms with Crippen LogP contribution in [0.5, 0.6) is 5.75 Å². The first-order valence-corrected chi connectivity index (χ1v) is 7.25. The Bertz CT molecular complexity index is 373. The van der Waals surface area contributed by atoms with Gasteiger partial charge in [-0.2, -0.15) is 0 Å². The van der Waals surface area contributed by atoms with Gasteiger partial charge in [0.15, 0.2) is 0 Å². The first-order valence-electron chi connectivity index (χ1n) is 7.25. The zero-order valence-corrected chi connectivity index (χ0v) is 11.3. The molecule has 100 valence electrons. The monoisotopic (exact) mass is 248 g/mol. The second-order valence-corrected chi connectivity index (χ2v) is 5.14. The summed E-state index contributed by atoms with van der Waals surface area (Å²) in [5.74, 6) is 0.986. The van der Waals surface area contributed by atoms with Crippen molar-refractivity contribution in [1.82, 2.24) is 0 Å². The zero-order valence-electron chi connectivity index (χ0n) is 11.3. The molecule has 2 rings (SSSR count). The second kappa shape index (κ2) is 6.79. The molecular formula is C16H24O2. The SMILES string of the molecule is CCCCCCCOc1cccc2c1CCC2O. The highest BCUT2D eigenvalue weighted by atomic mass is 16.5. The molecule has 2 heteroatoms. The lowest BCUT2D eigenvalue weighted by molar-refractivity contribution is 0.180.